The van der Waals surface area contributed by atoms with Gasteiger partial charge in [0.1, 0.15) is 5.75 Å². The van der Waals surface area contributed by atoms with E-state index in [2.05, 4.69) is 6.92 Å². The first kappa shape index (κ1) is 17.7. The largest absolute Gasteiger partial charge is 1.00 e. The van der Waals surface area contributed by atoms with Crippen LogP contribution >= 0.6 is 11.8 Å². The van der Waals surface area contributed by atoms with E-state index in [-0.39, 0.29) is 12.4 Å². The Morgan fingerprint density at radius 3 is 2.45 bits per heavy atom. The van der Waals surface area contributed by atoms with E-state index in [0.29, 0.717) is 11.0 Å². The second-order valence-corrected chi connectivity index (χ2v) is 7.14. The molecule has 0 aromatic heterocycles. The lowest BCUT2D eigenvalue weighted by Gasteiger charge is -2.23. The van der Waals surface area contributed by atoms with Crippen LogP contribution in [-0.2, 0) is 0 Å². The Bertz CT molecular complexity index is 365. The van der Waals surface area contributed by atoms with Crippen molar-refractivity contribution in [1.82, 2.24) is 0 Å². The van der Waals surface area contributed by atoms with Gasteiger partial charge in [-0.1, -0.05) is 6.92 Å². The highest BCUT2D eigenvalue weighted by Gasteiger charge is 2.13. The summed E-state index contributed by atoms with van der Waals surface area (Å²) in [5, 5.41) is 9.93. The number of nitrogens with one attached hydrogen (secondary N) is 1. The van der Waals surface area contributed by atoms with E-state index < -0.39 is 0 Å². The predicted octanol–water partition coefficient (Wildman–Crippen LogP) is -0.274. The van der Waals surface area contributed by atoms with Crippen molar-refractivity contribution in [2.24, 2.45) is 0 Å². The third-order valence-corrected chi connectivity index (χ3v) is 5.06. The van der Waals surface area contributed by atoms with Crippen LogP contribution in [0.25, 0.3) is 0 Å². The molecule has 1 aromatic rings. The lowest BCUT2D eigenvalue weighted by atomic mass is 10.1. The highest BCUT2D eigenvalue weighted by atomic mass is 35.5. The molecule has 0 radical (unpaired) electrons. The van der Waals surface area contributed by atoms with Crippen molar-refractivity contribution in [2.45, 2.75) is 49.2 Å². The second-order valence-electron chi connectivity index (χ2n) is 5.63. The van der Waals surface area contributed by atoms with Gasteiger partial charge in [0.15, 0.2) is 0 Å². The van der Waals surface area contributed by atoms with Gasteiger partial charge in [-0.25, -0.2) is 0 Å². The number of halogens is 1. The summed E-state index contributed by atoms with van der Waals surface area (Å²) in [6.07, 6.45) is 6.91. The molecule has 0 bridgehead atoms. The zero-order chi connectivity index (χ0) is 13.5. The molecule has 1 heterocycles. The molecular formula is C16H26ClNOS. The third kappa shape index (κ3) is 6.38. The van der Waals surface area contributed by atoms with Crippen LogP contribution in [0.15, 0.2) is 29.2 Å². The Labute approximate surface area is 133 Å². The molecule has 2 N–H and O–H groups in total. The van der Waals surface area contributed by atoms with Gasteiger partial charge in [0.2, 0.25) is 0 Å². The number of phenolic OH excluding ortho intramolecular Hbond substituents is 1. The molecule has 114 valence electrons. The fourth-order valence-corrected chi connectivity index (χ4v) is 3.80. The summed E-state index contributed by atoms with van der Waals surface area (Å²) in [6, 6.07) is 7.55. The van der Waals surface area contributed by atoms with Crippen LogP contribution < -0.4 is 17.3 Å². The van der Waals surface area contributed by atoms with E-state index in [1.807, 2.05) is 28.8 Å². The fraction of sp³-hybridized carbons (Fsp3) is 0.625. The van der Waals surface area contributed by atoms with Gasteiger partial charge in [-0.3, -0.25) is 0 Å². The van der Waals surface area contributed by atoms with Crippen LogP contribution in [0.3, 0.4) is 0 Å². The van der Waals surface area contributed by atoms with Crippen molar-refractivity contribution in [3.8, 4) is 5.75 Å². The van der Waals surface area contributed by atoms with Gasteiger partial charge in [0, 0.05) is 10.1 Å². The third-order valence-electron chi connectivity index (χ3n) is 3.88. The van der Waals surface area contributed by atoms with Crippen molar-refractivity contribution in [1.29, 1.82) is 0 Å². The van der Waals surface area contributed by atoms with Gasteiger partial charge >= 0.3 is 0 Å². The zero-order valence-electron chi connectivity index (χ0n) is 12.3. The summed E-state index contributed by atoms with van der Waals surface area (Å²) in [5.41, 5.74) is 0. The first-order valence-corrected chi connectivity index (χ1v) is 8.41. The maximum absolute atomic E-state index is 9.26. The summed E-state index contributed by atoms with van der Waals surface area (Å²) < 4.78 is 0. The number of aromatic hydroxyl groups is 1. The van der Waals surface area contributed by atoms with Crippen LogP contribution in [0.1, 0.15) is 39.0 Å². The molecule has 0 spiro atoms. The van der Waals surface area contributed by atoms with Crippen molar-refractivity contribution >= 4 is 11.8 Å². The van der Waals surface area contributed by atoms with Crippen molar-refractivity contribution in [3.05, 3.63) is 24.3 Å². The number of hydrogen-bond acceptors (Lipinski definition) is 2. The summed E-state index contributed by atoms with van der Waals surface area (Å²) >= 11 is 1.92. The molecule has 1 aliphatic rings. The van der Waals surface area contributed by atoms with E-state index in [1.165, 1.54) is 56.6 Å². The van der Waals surface area contributed by atoms with Crippen molar-refractivity contribution in [2.75, 3.05) is 19.6 Å². The Hall–Kier alpha value is -0.380. The normalized spacial score (nSPS) is 17.4. The van der Waals surface area contributed by atoms with Crippen LogP contribution in [0.2, 0.25) is 0 Å². The van der Waals surface area contributed by atoms with Gasteiger partial charge in [-0.05, 0) is 56.4 Å². The molecule has 0 saturated carbocycles. The van der Waals surface area contributed by atoms with Gasteiger partial charge in [-0.2, -0.15) is 0 Å². The zero-order valence-corrected chi connectivity index (χ0v) is 13.8. The molecule has 1 atom stereocenters. The molecule has 1 fully saturated rings. The van der Waals surface area contributed by atoms with Crippen molar-refractivity contribution in [3.63, 3.8) is 0 Å². The molecule has 0 aliphatic carbocycles. The summed E-state index contributed by atoms with van der Waals surface area (Å²) in [4.78, 5) is 3.07. The monoisotopic (exact) mass is 315 g/mol. The average Bonchev–Trinajstić information content (AvgIpc) is 2.43. The number of likely N-dealkylation sites (tertiary alicyclic amines) is 1. The van der Waals surface area contributed by atoms with Gasteiger partial charge in [0.25, 0.3) is 0 Å². The second kappa shape index (κ2) is 9.54. The maximum Gasteiger partial charge on any atom is 0.115 e. The number of piperidine rings is 1. The van der Waals surface area contributed by atoms with E-state index in [4.69, 9.17) is 0 Å². The van der Waals surface area contributed by atoms with E-state index in [9.17, 15) is 5.11 Å². The first-order chi connectivity index (χ1) is 9.24. The average molecular weight is 316 g/mol. The molecule has 2 rings (SSSR count). The number of phenols is 1. The number of benzene rings is 1. The predicted molar refractivity (Wildman–Crippen MR) is 82.1 cm³/mol. The quantitative estimate of drug-likeness (QED) is 0.706. The lowest BCUT2D eigenvalue weighted by molar-refractivity contribution is -0.905. The minimum absolute atomic E-state index is 0. The van der Waals surface area contributed by atoms with Gasteiger partial charge in [-0.15, -0.1) is 11.8 Å². The summed E-state index contributed by atoms with van der Waals surface area (Å²) in [5.74, 6) is 0.353. The number of quaternary nitrogens is 1. The van der Waals surface area contributed by atoms with Crippen LogP contribution in [0, 0.1) is 0 Å². The molecule has 4 heteroatoms. The van der Waals surface area contributed by atoms with E-state index in [0.717, 1.165) is 0 Å². The number of hydrogen-bond donors (Lipinski definition) is 2. The SMILES string of the molecule is CC(CCC[NH+]1CCCCC1)Sc1ccc(O)cc1.[Cl-]. The summed E-state index contributed by atoms with van der Waals surface area (Å²) in [7, 11) is 0. The standard InChI is InChI=1S/C16H25NOS.ClH/c1-14(19-16-9-7-15(18)8-10-16)6-5-13-17-11-3-2-4-12-17;/h7-10,14,18H,2-6,11-13H2,1H3;1H. The fourth-order valence-electron chi connectivity index (χ4n) is 2.76. The van der Waals surface area contributed by atoms with Gasteiger partial charge < -0.3 is 22.4 Å². The van der Waals surface area contributed by atoms with E-state index >= 15 is 0 Å². The Kier molecular flexibility index (Phi) is 8.43. The van der Waals surface area contributed by atoms with E-state index in [1.54, 1.807) is 12.1 Å². The minimum atomic E-state index is 0. The smallest absolute Gasteiger partial charge is 0.115 e. The molecule has 1 aliphatic heterocycles. The molecule has 0 amide bonds. The first-order valence-electron chi connectivity index (χ1n) is 7.53. The molecule has 2 nitrogen and oxygen atoms in total. The van der Waals surface area contributed by atoms with Gasteiger partial charge in [0.05, 0.1) is 19.6 Å². The Balaban J connectivity index is 0.00000200. The van der Waals surface area contributed by atoms with Crippen LogP contribution in [-0.4, -0.2) is 30.0 Å². The maximum atomic E-state index is 9.26. The summed E-state index contributed by atoms with van der Waals surface area (Å²) in [6.45, 7) is 6.43. The molecule has 1 unspecified atom stereocenters. The molecular weight excluding hydrogens is 290 g/mol. The topological polar surface area (TPSA) is 24.7 Å². The Morgan fingerprint density at radius 1 is 1.15 bits per heavy atom. The number of rotatable bonds is 6. The molecule has 1 aromatic carbocycles. The molecule has 1 saturated heterocycles. The number of thioether (sulfide) groups is 1. The Morgan fingerprint density at radius 2 is 1.80 bits per heavy atom. The molecule has 20 heavy (non-hydrogen) atoms. The van der Waals surface area contributed by atoms with Crippen LogP contribution in [0.5, 0.6) is 5.75 Å². The van der Waals surface area contributed by atoms with Crippen molar-refractivity contribution < 1.29 is 22.4 Å². The minimum Gasteiger partial charge on any atom is -1.00 e. The highest BCUT2D eigenvalue weighted by molar-refractivity contribution is 7.99. The highest BCUT2D eigenvalue weighted by Crippen LogP contribution is 2.27. The lowest BCUT2D eigenvalue weighted by Crippen LogP contribution is -3.12. The van der Waals surface area contributed by atoms with Crippen LogP contribution in [0.4, 0.5) is 0 Å².